The van der Waals surface area contributed by atoms with E-state index in [-0.39, 0.29) is 12.5 Å². The van der Waals surface area contributed by atoms with E-state index in [1.165, 1.54) is 12.1 Å². The molecule has 1 amide bonds. The van der Waals surface area contributed by atoms with Crippen molar-refractivity contribution < 1.29 is 18.3 Å². The highest BCUT2D eigenvalue weighted by atomic mass is 19.1. The molecule has 0 spiro atoms. The number of carbonyl (C=O) groups is 1. The average molecular weight is 320 g/mol. The maximum atomic E-state index is 13.7. The second kappa shape index (κ2) is 7.69. The molecule has 0 aliphatic carbocycles. The van der Waals surface area contributed by atoms with Gasteiger partial charge < -0.3 is 15.4 Å². The molecule has 23 heavy (non-hydrogen) atoms. The van der Waals surface area contributed by atoms with E-state index in [0.29, 0.717) is 17.0 Å². The molecule has 6 heteroatoms. The highest BCUT2D eigenvalue weighted by Crippen LogP contribution is 2.18. The Morgan fingerprint density at radius 2 is 1.87 bits per heavy atom. The van der Waals surface area contributed by atoms with Crippen LogP contribution in [0, 0.1) is 11.6 Å². The number of ether oxygens (including phenoxy) is 1. The smallest absolute Gasteiger partial charge is 0.238 e. The summed E-state index contributed by atoms with van der Waals surface area (Å²) in [6, 6.07) is 9.87. The molecule has 0 saturated heterocycles. The minimum absolute atomic E-state index is 0.00398. The van der Waals surface area contributed by atoms with E-state index in [4.69, 9.17) is 4.74 Å². The normalized spacial score (nSPS) is 11.8. The van der Waals surface area contributed by atoms with Crippen LogP contribution in [0.3, 0.4) is 0 Å². The fourth-order valence-corrected chi connectivity index (χ4v) is 2.09. The van der Waals surface area contributed by atoms with E-state index in [9.17, 15) is 13.6 Å². The Hall–Kier alpha value is -2.47. The van der Waals surface area contributed by atoms with Crippen molar-refractivity contribution in [1.29, 1.82) is 0 Å². The fraction of sp³-hybridized carbons (Fsp3) is 0.235. The number of hydrogen-bond donors (Lipinski definition) is 2. The lowest BCUT2D eigenvalue weighted by Gasteiger charge is -2.15. The SMILES string of the molecule is COc1ccc(NC(=O)CN[C@@H](C)c2ccc(F)cc2F)cc1. The van der Waals surface area contributed by atoms with Crippen molar-refractivity contribution in [3.63, 3.8) is 0 Å². The Bertz CT molecular complexity index is 675. The topological polar surface area (TPSA) is 50.4 Å². The molecule has 0 fully saturated rings. The Kier molecular flexibility index (Phi) is 5.65. The van der Waals surface area contributed by atoms with Gasteiger partial charge in [-0.2, -0.15) is 0 Å². The Morgan fingerprint density at radius 3 is 2.48 bits per heavy atom. The second-order valence-corrected chi connectivity index (χ2v) is 5.05. The molecule has 2 N–H and O–H groups in total. The van der Waals surface area contributed by atoms with Crippen molar-refractivity contribution in [2.75, 3.05) is 19.0 Å². The van der Waals surface area contributed by atoms with Crippen LogP contribution in [-0.4, -0.2) is 19.6 Å². The lowest BCUT2D eigenvalue weighted by atomic mass is 10.1. The van der Waals surface area contributed by atoms with Gasteiger partial charge >= 0.3 is 0 Å². The number of halogens is 2. The summed E-state index contributed by atoms with van der Waals surface area (Å²) in [5.74, 6) is -0.831. The number of carbonyl (C=O) groups excluding carboxylic acids is 1. The van der Waals surface area contributed by atoms with Crippen LogP contribution in [0.5, 0.6) is 5.75 Å². The lowest BCUT2D eigenvalue weighted by Crippen LogP contribution is -2.30. The molecule has 0 bridgehead atoms. The Labute approximate surface area is 133 Å². The van der Waals surface area contributed by atoms with Gasteiger partial charge in [0.2, 0.25) is 5.91 Å². The zero-order valence-electron chi connectivity index (χ0n) is 12.9. The minimum atomic E-state index is -0.638. The van der Waals surface area contributed by atoms with Gasteiger partial charge in [0.15, 0.2) is 0 Å². The van der Waals surface area contributed by atoms with Crippen LogP contribution in [0.4, 0.5) is 14.5 Å². The first-order valence-electron chi connectivity index (χ1n) is 7.12. The number of amides is 1. The molecular weight excluding hydrogens is 302 g/mol. The van der Waals surface area contributed by atoms with Gasteiger partial charge in [-0.3, -0.25) is 4.79 Å². The molecule has 4 nitrogen and oxygen atoms in total. The van der Waals surface area contributed by atoms with Crippen LogP contribution in [0.25, 0.3) is 0 Å². The van der Waals surface area contributed by atoms with Gasteiger partial charge in [0.25, 0.3) is 0 Å². The van der Waals surface area contributed by atoms with Gasteiger partial charge in [-0.25, -0.2) is 8.78 Å². The molecule has 2 aromatic rings. The number of nitrogens with one attached hydrogen (secondary N) is 2. The highest BCUT2D eigenvalue weighted by Gasteiger charge is 2.12. The average Bonchev–Trinajstić information content (AvgIpc) is 2.53. The lowest BCUT2D eigenvalue weighted by molar-refractivity contribution is -0.115. The van der Waals surface area contributed by atoms with Crippen molar-refractivity contribution in [3.8, 4) is 5.75 Å². The molecule has 1 atom stereocenters. The van der Waals surface area contributed by atoms with Gasteiger partial charge in [-0.1, -0.05) is 6.07 Å². The maximum Gasteiger partial charge on any atom is 0.238 e. The molecule has 122 valence electrons. The third-order valence-electron chi connectivity index (χ3n) is 3.37. The number of anilines is 1. The molecule has 2 rings (SSSR count). The molecule has 0 aliphatic rings. The van der Waals surface area contributed by atoms with Crippen LogP contribution in [0.2, 0.25) is 0 Å². The van der Waals surface area contributed by atoms with Gasteiger partial charge in [0, 0.05) is 23.4 Å². The number of hydrogen-bond acceptors (Lipinski definition) is 3. The monoisotopic (exact) mass is 320 g/mol. The van der Waals surface area contributed by atoms with Crippen molar-refractivity contribution in [1.82, 2.24) is 5.32 Å². The van der Waals surface area contributed by atoms with Crippen LogP contribution in [0.1, 0.15) is 18.5 Å². The van der Waals surface area contributed by atoms with Crippen LogP contribution >= 0.6 is 0 Å². The summed E-state index contributed by atoms with van der Waals surface area (Å²) >= 11 is 0. The van der Waals surface area contributed by atoms with E-state index in [2.05, 4.69) is 10.6 Å². The summed E-state index contributed by atoms with van der Waals surface area (Å²) in [4.78, 5) is 11.9. The summed E-state index contributed by atoms with van der Waals surface area (Å²) in [6.07, 6.45) is 0. The van der Waals surface area contributed by atoms with Crippen molar-refractivity contribution in [2.45, 2.75) is 13.0 Å². The first-order valence-corrected chi connectivity index (χ1v) is 7.12. The summed E-state index contributed by atoms with van der Waals surface area (Å²) in [5, 5.41) is 5.62. The van der Waals surface area contributed by atoms with Crippen molar-refractivity contribution >= 4 is 11.6 Å². The molecule has 2 aromatic carbocycles. The summed E-state index contributed by atoms with van der Waals surface area (Å²) in [7, 11) is 1.56. The van der Waals surface area contributed by atoms with E-state index in [1.807, 2.05) is 0 Å². The molecule has 0 unspecified atom stereocenters. The second-order valence-electron chi connectivity index (χ2n) is 5.05. The first kappa shape index (κ1) is 16.9. The Morgan fingerprint density at radius 1 is 1.17 bits per heavy atom. The van der Waals surface area contributed by atoms with Crippen molar-refractivity contribution in [2.24, 2.45) is 0 Å². The molecular formula is C17H18F2N2O2. The van der Waals surface area contributed by atoms with E-state index < -0.39 is 17.7 Å². The van der Waals surface area contributed by atoms with Gasteiger partial charge in [0.05, 0.1) is 13.7 Å². The number of rotatable bonds is 6. The standard InChI is InChI=1S/C17H18F2N2O2/c1-11(15-8-3-12(18)9-16(15)19)20-10-17(22)21-13-4-6-14(23-2)7-5-13/h3-9,11,20H,10H2,1-2H3,(H,21,22)/t11-/m0/s1. The molecule has 0 aromatic heterocycles. The molecule has 0 heterocycles. The van der Waals surface area contributed by atoms with Crippen LogP contribution in [0.15, 0.2) is 42.5 Å². The molecule has 0 saturated carbocycles. The van der Waals surface area contributed by atoms with Gasteiger partial charge in [-0.05, 0) is 37.3 Å². The predicted octanol–water partition coefficient (Wildman–Crippen LogP) is 3.26. The molecule has 0 aliphatic heterocycles. The third-order valence-corrected chi connectivity index (χ3v) is 3.37. The van der Waals surface area contributed by atoms with Gasteiger partial charge in [-0.15, -0.1) is 0 Å². The van der Waals surface area contributed by atoms with E-state index in [0.717, 1.165) is 6.07 Å². The highest BCUT2D eigenvalue weighted by molar-refractivity contribution is 5.92. The zero-order chi connectivity index (χ0) is 16.8. The first-order chi connectivity index (χ1) is 11.0. The largest absolute Gasteiger partial charge is 0.497 e. The van der Waals surface area contributed by atoms with E-state index in [1.54, 1.807) is 38.3 Å². The number of benzene rings is 2. The summed E-state index contributed by atoms with van der Waals surface area (Å²) in [5.41, 5.74) is 0.946. The van der Waals surface area contributed by atoms with Crippen molar-refractivity contribution in [3.05, 3.63) is 59.7 Å². The molecule has 0 radical (unpaired) electrons. The van der Waals surface area contributed by atoms with Crippen LogP contribution in [-0.2, 0) is 4.79 Å². The minimum Gasteiger partial charge on any atom is -0.497 e. The maximum absolute atomic E-state index is 13.7. The fourth-order valence-electron chi connectivity index (χ4n) is 2.09. The number of methoxy groups -OCH3 is 1. The Balaban J connectivity index is 1.87. The summed E-state index contributed by atoms with van der Waals surface area (Å²) < 4.78 is 31.6. The predicted molar refractivity (Wildman–Crippen MR) is 84.4 cm³/mol. The van der Waals surface area contributed by atoms with Crippen LogP contribution < -0.4 is 15.4 Å². The third kappa shape index (κ3) is 4.75. The quantitative estimate of drug-likeness (QED) is 0.859. The zero-order valence-corrected chi connectivity index (χ0v) is 12.9. The summed E-state index contributed by atoms with van der Waals surface area (Å²) in [6.45, 7) is 1.71. The van der Waals surface area contributed by atoms with Gasteiger partial charge in [0.1, 0.15) is 17.4 Å². The van der Waals surface area contributed by atoms with E-state index >= 15 is 0 Å².